The maximum absolute atomic E-state index is 10.1. The number of nitrogens with one attached hydrogen (secondary N) is 1. The molecule has 1 rings (SSSR count). The Morgan fingerprint density at radius 1 is 1.58 bits per heavy atom. The Labute approximate surface area is 70.3 Å². The number of pyridine rings is 1. The van der Waals surface area contributed by atoms with E-state index in [1.165, 1.54) is 0 Å². The highest BCUT2D eigenvalue weighted by Gasteiger charge is 2.06. The molecule has 4 heteroatoms. The summed E-state index contributed by atoms with van der Waals surface area (Å²) in [4.78, 5) is 13.9. The van der Waals surface area contributed by atoms with E-state index >= 15 is 0 Å². The van der Waals surface area contributed by atoms with Gasteiger partial charge in [-0.05, 0) is 17.7 Å². The first-order chi connectivity index (χ1) is 5.88. The number of carbonyl (C=O) groups is 1. The second-order valence-electron chi connectivity index (χ2n) is 2.30. The topological polar surface area (TPSA) is 62.2 Å². The van der Waals surface area contributed by atoms with Crippen LogP contribution in [0.2, 0.25) is 0 Å². The Kier molecular flexibility index (Phi) is 3.22. The third kappa shape index (κ3) is 2.03. The van der Waals surface area contributed by atoms with Crippen LogP contribution in [0, 0.1) is 0 Å². The van der Waals surface area contributed by atoms with E-state index in [0.717, 1.165) is 5.56 Å². The zero-order chi connectivity index (χ0) is 8.81. The molecule has 0 bridgehead atoms. The van der Waals surface area contributed by atoms with E-state index in [4.69, 9.17) is 5.11 Å². The van der Waals surface area contributed by atoms with Crippen molar-refractivity contribution in [2.45, 2.75) is 6.04 Å². The number of amides is 1. The minimum absolute atomic E-state index is 0.108. The minimum Gasteiger partial charge on any atom is -0.394 e. The molecule has 0 saturated carbocycles. The molecule has 0 radical (unpaired) electrons. The van der Waals surface area contributed by atoms with Crippen LogP contribution in [0.25, 0.3) is 0 Å². The Balaban J connectivity index is 2.72. The molecule has 0 aromatic carbocycles. The maximum atomic E-state index is 10.1. The molecule has 2 N–H and O–H groups in total. The zero-order valence-corrected chi connectivity index (χ0v) is 6.47. The molecule has 0 fully saturated rings. The van der Waals surface area contributed by atoms with E-state index < -0.39 is 0 Å². The van der Waals surface area contributed by atoms with Gasteiger partial charge in [0.05, 0.1) is 12.6 Å². The van der Waals surface area contributed by atoms with Gasteiger partial charge in [0.15, 0.2) is 0 Å². The summed E-state index contributed by atoms with van der Waals surface area (Å²) in [6.07, 6.45) is 3.80. The van der Waals surface area contributed by atoms with E-state index in [1.807, 2.05) is 0 Å². The maximum Gasteiger partial charge on any atom is 0.207 e. The van der Waals surface area contributed by atoms with Crippen LogP contribution >= 0.6 is 0 Å². The van der Waals surface area contributed by atoms with Gasteiger partial charge >= 0.3 is 0 Å². The van der Waals surface area contributed by atoms with Crippen LogP contribution in [-0.4, -0.2) is 23.1 Å². The van der Waals surface area contributed by atoms with Crippen molar-refractivity contribution >= 4 is 6.41 Å². The van der Waals surface area contributed by atoms with E-state index in [-0.39, 0.29) is 12.6 Å². The van der Waals surface area contributed by atoms with Gasteiger partial charge in [-0.1, -0.05) is 0 Å². The van der Waals surface area contributed by atoms with Gasteiger partial charge in [0.25, 0.3) is 0 Å². The van der Waals surface area contributed by atoms with Gasteiger partial charge in [-0.3, -0.25) is 9.78 Å². The average Bonchev–Trinajstić information content (AvgIpc) is 2.15. The van der Waals surface area contributed by atoms with E-state index in [2.05, 4.69) is 10.3 Å². The molecule has 0 unspecified atom stereocenters. The second kappa shape index (κ2) is 4.46. The zero-order valence-electron chi connectivity index (χ0n) is 6.47. The van der Waals surface area contributed by atoms with E-state index in [0.29, 0.717) is 6.41 Å². The van der Waals surface area contributed by atoms with Crippen molar-refractivity contribution < 1.29 is 9.90 Å². The highest BCUT2D eigenvalue weighted by molar-refractivity contribution is 5.47. The van der Waals surface area contributed by atoms with Gasteiger partial charge in [0.1, 0.15) is 0 Å². The van der Waals surface area contributed by atoms with Crippen LogP contribution in [0.4, 0.5) is 0 Å². The molecule has 1 heterocycles. The lowest BCUT2D eigenvalue weighted by Gasteiger charge is -2.12. The Bertz CT molecular complexity index is 238. The van der Waals surface area contributed by atoms with Crippen molar-refractivity contribution in [1.29, 1.82) is 0 Å². The van der Waals surface area contributed by atoms with Gasteiger partial charge in [0.2, 0.25) is 6.41 Å². The molecule has 1 atom stereocenters. The Morgan fingerprint density at radius 2 is 2.25 bits per heavy atom. The van der Waals surface area contributed by atoms with E-state index in [9.17, 15) is 4.79 Å². The van der Waals surface area contributed by atoms with Crippen molar-refractivity contribution in [3.63, 3.8) is 0 Å². The molecular formula is C8H10N2O2. The van der Waals surface area contributed by atoms with Gasteiger partial charge in [-0.2, -0.15) is 0 Å². The lowest BCUT2D eigenvalue weighted by atomic mass is 10.1. The normalized spacial score (nSPS) is 12.1. The van der Waals surface area contributed by atoms with E-state index in [1.54, 1.807) is 24.5 Å². The molecule has 0 saturated heterocycles. The first-order valence-corrected chi connectivity index (χ1v) is 3.59. The van der Waals surface area contributed by atoms with Crippen LogP contribution in [0.1, 0.15) is 11.6 Å². The molecule has 0 spiro atoms. The first-order valence-electron chi connectivity index (χ1n) is 3.59. The second-order valence-corrected chi connectivity index (χ2v) is 2.30. The number of hydrogen-bond donors (Lipinski definition) is 2. The predicted octanol–water partition coefficient (Wildman–Crippen LogP) is -0.139. The fraction of sp³-hybridized carbons (Fsp3) is 0.250. The lowest BCUT2D eigenvalue weighted by Crippen LogP contribution is -2.22. The summed E-state index contributed by atoms with van der Waals surface area (Å²) in [7, 11) is 0. The van der Waals surface area contributed by atoms with Crippen molar-refractivity contribution in [2.75, 3.05) is 6.61 Å². The lowest BCUT2D eigenvalue weighted by molar-refractivity contribution is -0.110. The number of aliphatic hydroxyl groups is 1. The number of nitrogens with zero attached hydrogens (tertiary/aromatic N) is 1. The van der Waals surface area contributed by atoms with Crippen molar-refractivity contribution in [3.8, 4) is 0 Å². The van der Waals surface area contributed by atoms with Crippen LogP contribution in [0.3, 0.4) is 0 Å². The molecular weight excluding hydrogens is 156 g/mol. The third-order valence-corrected chi connectivity index (χ3v) is 1.56. The smallest absolute Gasteiger partial charge is 0.207 e. The molecule has 64 valence electrons. The summed E-state index contributed by atoms with van der Waals surface area (Å²) in [6, 6.07) is 3.17. The molecule has 0 aliphatic rings. The molecule has 1 aromatic rings. The van der Waals surface area contributed by atoms with Crippen LogP contribution in [0.5, 0.6) is 0 Å². The van der Waals surface area contributed by atoms with Crippen molar-refractivity contribution in [1.82, 2.24) is 10.3 Å². The predicted molar refractivity (Wildman–Crippen MR) is 43.3 cm³/mol. The summed E-state index contributed by atoms with van der Waals surface area (Å²) < 4.78 is 0. The summed E-state index contributed by atoms with van der Waals surface area (Å²) in [6.45, 7) is -0.108. The fourth-order valence-electron chi connectivity index (χ4n) is 0.932. The third-order valence-electron chi connectivity index (χ3n) is 1.56. The number of aromatic nitrogens is 1. The van der Waals surface area contributed by atoms with Crippen molar-refractivity contribution in [3.05, 3.63) is 30.1 Å². The largest absolute Gasteiger partial charge is 0.394 e. The molecule has 0 aliphatic carbocycles. The van der Waals surface area contributed by atoms with Gasteiger partial charge in [-0.25, -0.2) is 0 Å². The quantitative estimate of drug-likeness (QED) is 0.612. The highest BCUT2D eigenvalue weighted by atomic mass is 16.3. The average molecular weight is 166 g/mol. The molecule has 1 amide bonds. The Morgan fingerprint density at radius 3 is 2.75 bits per heavy atom. The Hall–Kier alpha value is -1.42. The highest BCUT2D eigenvalue weighted by Crippen LogP contribution is 2.08. The number of rotatable bonds is 4. The number of aliphatic hydroxyl groups excluding tert-OH is 1. The number of carbonyl (C=O) groups excluding carboxylic acids is 1. The van der Waals surface area contributed by atoms with Gasteiger partial charge < -0.3 is 10.4 Å². The molecule has 4 nitrogen and oxygen atoms in total. The van der Waals surface area contributed by atoms with Gasteiger partial charge in [-0.15, -0.1) is 0 Å². The summed E-state index contributed by atoms with van der Waals surface area (Å²) >= 11 is 0. The van der Waals surface area contributed by atoms with Crippen molar-refractivity contribution in [2.24, 2.45) is 0 Å². The van der Waals surface area contributed by atoms with Gasteiger partial charge in [0, 0.05) is 12.4 Å². The van der Waals surface area contributed by atoms with Crippen LogP contribution in [0.15, 0.2) is 24.5 Å². The SMILES string of the molecule is O=CN[C@@H](CO)c1ccncc1. The van der Waals surface area contributed by atoms with Crippen LogP contribution < -0.4 is 5.32 Å². The first kappa shape index (κ1) is 8.67. The molecule has 0 aliphatic heterocycles. The summed E-state index contributed by atoms with van der Waals surface area (Å²) in [5.41, 5.74) is 0.847. The van der Waals surface area contributed by atoms with Crippen LogP contribution in [-0.2, 0) is 4.79 Å². The summed E-state index contributed by atoms with van der Waals surface area (Å²) in [5.74, 6) is 0. The fourth-order valence-corrected chi connectivity index (χ4v) is 0.932. The molecule has 12 heavy (non-hydrogen) atoms. The molecule has 1 aromatic heterocycles. The number of hydrogen-bond acceptors (Lipinski definition) is 3. The monoisotopic (exact) mass is 166 g/mol. The standard InChI is InChI=1S/C8H10N2O2/c11-5-8(10-6-12)7-1-3-9-4-2-7/h1-4,6,8,11H,5H2,(H,10,12)/t8-/m0/s1. The summed E-state index contributed by atoms with van der Waals surface area (Å²) in [5, 5.41) is 11.4. The minimum atomic E-state index is -0.328.